The number of carbonyl (C=O) groups excluding carboxylic acids is 1. The zero-order chi connectivity index (χ0) is 10.0. The van der Waals surface area contributed by atoms with Crippen LogP contribution < -0.4 is 5.32 Å². The van der Waals surface area contributed by atoms with Gasteiger partial charge in [-0.15, -0.1) is 0 Å². The van der Waals surface area contributed by atoms with E-state index in [1.807, 2.05) is 6.92 Å². The quantitative estimate of drug-likeness (QED) is 0.732. The number of Topliss-reactive ketones (excluding diaryl/α,β-unsaturated/α-hetero) is 1. The second-order valence-electron chi connectivity index (χ2n) is 5.02. The molecule has 1 aliphatic carbocycles. The van der Waals surface area contributed by atoms with Crippen LogP contribution >= 0.6 is 0 Å². The van der Waals surface area contributed by atoms with Crippen molar-refractivity contribution in [3.05, 3.63) is 0 Å². The van der Waals surface area contributed by atoms with Crippen LogP contribution in [0.5, 0.6) is 0 Å². The fraction of sp³-hybridized carbons (Fsp3) is 0.917. The van der Waals surface area contributed by atoms with E-state index in [4.69, 9.17) is 0 Å². The summed E-state index contributed by atoms with van der Waals surface area (Å²) in [5, 5.41) is 3.42. The number of carbonyl (C=O) groups is 1. The fourth-order valence-corrected chi connectivity index (χ4v) is 3.07. The first-order chi connectivity index (χ1) is 6.76. The summed E-state index contributed by atoms with van der Waals surface area (Å²) < 4.78 is 0. The van der Waals surface area contributed by atoms with Gasteiger partial charge in [0.2, 0.25) is 0 Å². The predicted molar refractivity (Wildman–Crippen MR) is 57.2 cm³/mol. The fourth-order valence-electron chi connectivity index (χ4n) is 3.07. The van der Waals surface area contributed by atoms with E-state index in [0.717, 1.165) is 13.0 Å². The van der Waals surface area contributed by atoms with Crippen molar-refractivity contribution in [1.82, 2.24) is 5.32 Å². The Kier molecular flexibility index (Phi) is 2.91. The molecule has 1 heterocycles. The van der Waals surface area contributed by atoms with Crippen molar-refractivity contribution in [2.24, 2.45) is 5.41 Å². The molecule has 2 fully saturated rings. The van der Waals surface area contributed by atoms with Crippen molar-refractivity contribution in [3.8, 4) is 0 Å². The summed E-state index contributed by atoms with van der Waals surface area (Å²) >= 11 is 0. The van der Waals surface area contributed by atoms with Gasteiger partial charge in [0.15, 0.2) is 0 Å². The predicted octanol–water partition coefficient (Wildman–Crippen LogP) is 2.28. The highest BCUT2D eigenvalue weighted by molar-refractivity contribution is 5.84. The number of hydrogen-bond acceptors (Lipinski definition) is 2. The molecule has 0 bridgehead atoms. The minimum atomic E-state index is 0.179. The molecule has 1 aliphatic heterocycles. The number of hydrogen-bond donors (Lipinski definition) is 1. The minimum absolute atomic E-state index is 0.179. The minimum Gasteiger partial charge on any atom is -0.307 e. The second-order valence-corrected chi connectivity index (χ2v) is 5.02. The zero-order valence-corrected chi connectivity index (χ0v) is 9.14. The maximum atomic E-state index is 11.6. The van der Waals surface area contributed by atoms with Gasteiger partial charge in [-0.2, -0.15) is 0 Å². The van der Waals surface area contributed by atoms with Gasteiger partial charge in [0.1, 0.15) is 5.78 Å². The lowest BCUT2D eigenvalue weighted by atomic mass is 9.72. The van der Waals surface area contributed by atoms with E-state index in [2.05, 4.69) is 5.32 Å². The van der Waals surface area contributed by atoms with Crippen LogP contribution in [0.4, 0.5) is 0 Å². The molecule has 2 heteroatoms. The molecule has 2 aliphatic rings. The molecule has 1 saturated heterocycles. The topological polar surface area (TPSA) is 29.1 Å². The molecule has 1 spiro atoms. The SMILES string of the molecule is CCC(=O)C1CC2(CCCCC2)CN1. The van der Waals surface area contributed by atoms with Crippen molar-refractivity contribution >= 4 is 5.78 Å². The van der Waals surface area contributed by atoms with Crippen LogP contribution in [-0.2, 0) is 4.79 Å². The summed E-state index contributed by atoms with van der Waals surface area (Å²) in [5.41, 5.74) is 0.494. The van der Waals surface area contributed by atoms with Crippen molar-refractivity contribution in [3.63, 3.8) is 0 Å². The first-order valence-electron chi connectivity index (χ1n) is 6.02. The molecule has 1 N–H and O–H groups in total. The molecule has 2 nitrogen and oxygen atoms in total. The first kappa shape index (κ1) is 10.2. The van der Waals surface area contributed by atoms with Crippen molar-refractivity contribution in [2.45, 2.75) is 57.9 Å². The normalized spacial score (nSPS) is 30.8. The number of ketones is 1. The van der Waals surface area contributed by atoms with Crippen LogP contribution in [0.1, 0.15) is 51.9 Å². The lowest BCUT2D eigenvalue weighted by Crippen LogP contribution is -2.29. The van der Waals surface area contributed by atoms with Gasteiger partial charge in [-0.25, -0.2) is 0 Å². The van der Waals surface area contributed by atoms with Crippen LogP contribution in [0.15, 0.2) is 0 Å². The summed E-state index contributed by atoms with van der Waals surface area (Å²) in [4.78, 5) is 11.6. The van der Waals surface area contributed by atoms with Crippen LogP contribution in [0, 0.1) is 5.41 Å². The Labute approximate surface area is 86.5 Å². The highest BCUT2D eigenvalue weighted by Gasteiger charge is 2.41. The number of nitrogens with one attached hydrogen (secondary N) is 1. The first-order valence-corrected chi connectivity index (χ1v) is 6.02. The highest BCUT2D eigenvalue weighted by Crippen LogP contribution is 2.42. The summed E-state index contributed by atoms with van der Waals surface area (Å²) in [5.74, 6) is 0.410. The van der Waals surface area contributed by atoms with Gasteiger partial charge < -0.3 is 5.32 Å². The molecule has 2 rings (SSSR count). The molecular formula is C12H21NO. The number of rotatable bonds is 2. The van der Waals surface area contributed by atoms with E-state index in [9.17, 15) is 4.79 Å². The summed E-state index contributed by atoms with van der Waals surface area (Å²) in [7, 11) is 0. The Balaban J connectivity index is 1.95. The third-order valence-electron chi connectivity index (χ3n) is 4.01. The van der Waals surface area contributed by atoms with Crippen LogP contribution in [0.3, 0.4) is 0 Å². The van der Waals surface area contributed by atoms with Crippen molar-refractivity contribution < 1.29 is 4.79 Å². The summed E-state index contributed by atoms with van der Waals surface area (Å²) in [6.07, 6.45) is 8.62. The largest absolute Gasteiger partial charge is 0.307 e. The Hall–Kier alpha value is -0.370. The average Bonchev–Trinajstić information content (AvgIpc) is 2.62. The van der Waals surface area contributed by atoms with Crippen LogP contribution in [0.2, 0.25) is 0 Å². The average molecular weight is 195 g/mol. The molecule has 1 unspecified atom stereocenters. The Bertz CT molecular complexity index is 218. The van der Waals surface area contributed by atoms with Gasteiger partial charge in [-0.05, 0) is 24.7 Å². The molecule has 1 atom stereocenters. The molecule has 0 radical (unpaired) electrons. The molecule has 0 aromatic rings. The lowest BCUT2D eigenvalue weighted by molar-refractivity contribution is -0.120. The van der Waals surface area contributed by atoms with Gasteiger partial charge in [0, 0.05) is 13.0 Å². The van der Waals surface area contributed by atoms with E-state index in [1.165, 1.54) is 32.1 Å². The van der Waals surface area contributed by atoms with E-state index >= 15 is 0 Å². The third-order valence-corrected chi connectivity index (χ3v) is 4.01. The van der Waals surface area contributed by atoms with Crippen LogP contribution in [-0.4, -0.2) is 18.4 Å². The summed E-state index contributed by atoms with van der Waals surface area (Å²) in [6, 6.07) is 0.179. The van der Waals surface area contributed by atoms with Crippen LogP contribution in [0.25, 0.3) is 0 Å². The Morgan fingerprint density at radius 1 is 1.36 bits per heavy atom. The molecule has 14 heavy (non-hydrogen) atoms. The highest BCUT2D eigenvalue weighted by atomic mass is 16.1. The summed E-state index contributed by atoms with van der Waals surface area (Å²) in [6.45, 7) is 3.05. The Morgan fingerprint density at radius 3 is 2.71 bits per heavy atom. The zero-order valence-electron chi connectivity index (χ0n) is 9.14. The second kappa shape index (κ2) is 4.01. The van der Waals surface area contributed by atoms with Crippen molar-refractivity contribution in [2.75, 3.05) is 6.54 Å². The van der Waals surface area contributed by atoms with E-state index in [-0.39, 0.29) is 6.04 Å². The molecule has 80 valence electrons. The monoisotopic (exact) mass is 195 g/mol. The molecule has 0 aromatic heterocycles. The molecule has 0 amide bonds. The van der Waals surface area contributed by atoms with E-state index in [1.54, 1.807) is 0 Å². The third kappa shape index (κ3) is 1.85. The standard InChI is InChI=1S/C12H21NO/c1-2-11(14)10-8-12(9-13-10)6-4-3-5-7-12/h10,13H,2-9H2,1H3. The Morgan fingerprint density at radius 2 is 2.07 bits per heavy atom. The maximum absolute atomic E-state index is 11.6. The van der Waals surface area contributed by atoms with Gasteiger partial charge in [0.25, 0.3) is 0 Å². The van der Waals surface area contributed by atoms with Gasteiger partial charge in [0.05, 0.1) is 6.04 Å². The smallest absolute Gasteiger partial charge is 0.149 e. The molecule has 1 saturated carbocycles. The van der Waals surface area contributed by atoms with E-state index < -0.39 is 0 Å². The molecular weight excluding hydrogens is 174 g/mol. The van der Waals surface area contributed by atoms with Gasteiger partial charge in [-0.1, -0.05) is 26.2 Å². The lowest BCUT2D eigenvalue weighted by Gasteiger charge is -2.32. The van der Waals surface area contributed by atoms with Gasteiger partial charge >= 0.3 is 0 Å². The maximum Gasteiger partial charge on any atom is 0.149 e. The van der Waals surface area contributed by atoms with E-state index in [0.29, 0.717) is 17.6 Å². The van der Waals surface area contributed by atoms with Crippen molar-refractivity contribution in [1.29, 1.82) is 0 Å². The van der Waals surface area contributed by atoms with Gasteiger partial charge in [-0.3, -0.25) is 4.79 Å². The molecule has 0 aromatic carbocycles.